The van der Waals surface area contributed by atoms with Crippen molar-refractivity contribution in [2.24, 2.45) is 0 Å². The number of carbonyl (C=O) groups is 2. The summed E-state index contributed by atoms with van der Waals surface area (Å²) in [6.45, 7) is 2.25. The van der Waals surface area contributed by atoms with Crippen LogP contribution in [0, 0.1) is 23.7 Å². The normalized spacial score (nSPS) is 10.9. The Morgan fingerprint density at radius 1 is 0.778 bits per heavy atom. The van der Waals surface area contributed by atoms with Crippen LogP contribution in [-0.2, 0) is 20.7 Å². The smallest absolute Gasteiger partial charge is 0.328 e. The Morgan fingerprint density at radius 3 is 1.86 bits per heavy atom. The van der Waals surface area contributed by atoms with Gasteiger partial charge in [-0.15, -0.1) is 0 Å². The highest BCUT2D eigenvalue weighted by Crippen LogP contribution is 2.10. The second kappa shape index (κ2) is 22.7. The molecule has 0 aliphatic carbocycles. The van der Waals surface area contributed by atoms with Crippen molar-refractivity contribution >= 4 is 11.9 Å². The van der Waals surface area contributed by atoms with Gasteiger partial charge in [-0.2, -0.15) is 0 Å². The topological polar surface area (TPSA) is 55.4 Å². The molecule has 0 aliphatic rings. The highest BCUT2D eigenvalue weighted by atomic mass is 16.5. The molecule has 0 fully saturated rings. The summed E-state index contributed by atoms with van der Waals surface area (Å²) in [7, 11) is 1.35. The largest absolute Gasteiger partial charge is 0.467 e. The molecule has 0 saturated carbocycles. The molecule has 198 valence electrons. The van der Waals surface area contributed by atoms with E-state index in [4.69, 9.17) is 4.74 Å². The molecule has 0 radical (unpaired) electrons. The molecule has 0 aliphatic heterocycles. The second-order valence-corrected chi connectivity index (χ2v) is 9.43. The van der Waals surface area contributed by atoms with Crippen molar-refractivity contribution < 1.29 is 14.3 Å². The van der Waals surface area contributed by atoms with E-state index >= 15 is 0 Å². The fourth-order valence-corrected chi connectivity index (χ4v) is 4.04. The first-order valence-electron chi connectivity index (χ1n) is 14.0. The number of rotatable bonds is 19. The van der Waals surface area contributed by atoms with Crippen LogP contribution in [0.25, 0.3) is 0 Å². The Morgan fingerprint density at radius 2 is 1.31 bits per heavy atom. The van der Waals surface area contributed by atoms with Crippen LogP contribution in [0.4, 0.5) is 0 Å². The van der Waals surface area contributed by atoms with Gasteiger partial charge in [0.05, 0.1) is 7.11 Å². The SMILES string of the molecule is CCCCCCCCCC#CC#CCCCCCCCCC(=O)NC(Cc1ccccc1)C(=O)OC. The molecular formula is C32H47NO3. The summed E-state index contributed by atoms with van der Waals surface area (Å²) in [6.07, 6.45) is 18.4. The average Bonchev–Trinajstić information content (AvgIpc) is 2.89. The van der Waals surface area contributed by atoms with E-state index in [0.717, 1.165) is 56.9 Å². The molecule has 1 N–H and O–H groups in total. The van der Waals surface area contributed by atoms with E-state index in [1.807, 2.05) is 30.3 Å². The minimum absolute atomic E-state index is 0.0929. The predicted molar refractivity (Wildman–Crippen MR) is 149 cm³/mol. The fourth-order valence-electron chi connectivity index (χ4n) is 4.04. The molecule has 0 heterocycles. The lowest BCUT2D eigenvalue weighted by Crippen LogP contribution is -2.43. The predicted octanol–water partition coefficient (Wildman–Crippen LogP) is 7.16. The number of hydrogen-bond donors (Lipinski definition) is 1. The molecule has 0 spiro atoms. The van der Waals surface area contributed by atoms with Gasteiger partial charge in [-0.1, -0.05) is 113 Å². The molecular weight excluding hydrogens is 446 g/mol. The van der Waals surface area contributed by atoms with E-state index in [0.29, 0.717) is 12.8 Å². The van der Waals surface area contributed by atoms with Gasteiger partial charge in [0.25, 0.3) is 0 Å². The van der Waals surface area contributed by atoms with Crippen molar-refractivity contribution in [3.05, 3.63) is 35.9 Å². The molecule has 1 aromatic rings. The van der Waals surface area contributed by atoms with Crippen LogP contribution >= 0.6 is 0 Å². The minimum atomic E-state index is -0.643. The van der Waals surface area contributed by atoms with Crippen LogP contribution < -0.4 is 5.32 Å². The number of amides is 1. The molecule has 0 saturated heterocycles. The van der Waals surface area contributed by atoms with E-state index < -0.39 is 12.0 Å². The molecule has 0 aromatic heterocycles. The number of ether oxygens (including phenoxy) is 1. The lowest BCUT2D eigenvalue weighted by Gasteiger charge is -2.16. The molecule has 4 heteroatoms. The Bertz CT molecular complexity index is 826. The first kappa shape index (κ1) is 31.3. The quantitative estimate of drug-likeness (QED) is 0.126. The summed E-state index contributed by atoms with van der Waals surface area (Å²) in [5, 5.41) is 2.84. The maximum atomic E-state index is 12.3. The number of hydrogen-bond acceptors (Lipinski definition) is 3. The van der Waals surface area contributed by atoms with Crippen LogP contribution in [-0.4, -0.2) is 25.0 Å². The fraction of sp³-hybridized carbons (Fsp3) is 0.625. The van der Waals surface area contributed by atoms with Crippen molar-refractivity contribution in [3.63, 3.8) is 0 Å². The first-order valence-corrected chi connectivity index (χ1v) is 14.0. The Balaban J connectivity index is 2.02. The molecule has 0 bridgehead atoms. The van der Waals surface area contributed by atoms with E-state index in [-0.39, 0.29) is 5.91 Å². The minimum Gasteiger partial charge on any atom is -0.467 e. The van der Waals surface area contributed by atoms with Gasteiger partial charge in [0, 0.05) is 25.7 Å². The number of esters is 1. The van der Waals surface area contributed by atoms with Gasteiger partial charge in [0.1, 0.15) is 6.04 Å². The highest BCUT2D eigenvalue weighted by molar-refractivity contribution is 5.84. The van der Waals surface area contributed by atoms with E-state index in [2.05, 4.69) is 35.9 Å². The standard InChI is InChI=1S/C32H47NO3/c1-3-4-5-6-7-8-9-10-11-12-13-14-15-16-17-18-19-20-24-27-31(34)33-30(32(35)36-2)28-29-25-22-21-23-26-29/h21-23,25-26,30H,3-10,15-20,24,27-28H2,1-2H3,(H,33,34). The highest BCUT2D eigenvalue weighted by Gasteiger charge is 2.21. The second-order valence-electron chi connectivity index (χ2n) is 9.43. The maximum Gasteiger partial charge on any atom is 0.328 e. The van der Waals surface area contributed by atoms with Crippen LogP contribution in [0.15, 0.2) is 30.3 Å². The third-order valence-corrected chi connectivity index (χ3v) is 6.20. The first-order chi connectivity index (χ1) is 17.7. The van der Waals surface area contributed by atoms with Crippen LogP contribution in [0.2, 0.25) is 0 Å². The van der Waals surface area contributed by atoms with Crippen molar-refractivity contribution in [2.45, 2.75) is 122 Å². The lowest BCUT2D eigenvalue weighted by atomic mass is 10.1. The van der Waals surface area contributed by atoms with Crippen molar-refractivity contribution in [3.8, 4) is 23.7 Å². The molecule has 1 rings (SSSR count). The summed E-state index contributed by atoms with van der Waals surface area (Å²) in [5.41, 5.74) is 0.994. The van der Waals surface area contributed by atoms with Gasteiger partial charge in [0.2, 0.25) is 5.91 Å². The average molecular weight is 494 g/mol. The molecule has 1 amide bonds. The summed E-state index contributed by atoms with van der Waals surface area (Å²) in [5.74, 6) is 11.8. The molecule has 1 atom stereocenters. The van der Waals surface area contributed by atoms with Gasteiger partial charge < -0.3 is 10.1 Å². The summed E-state index contributed by atoms with van der Waals surface area (Å²) >= 11 is 0. The molecule has 1 aromatic carbocycles. The van der Waals surface area contributed by atoms with Gasteiger partial charge in [-0.05, 0) is 36.7 Å². The third-order valence-electron chi connectivity index (χ3n) is 6.20. The van der Waals surface area contributed by atoms with E-state index in [1.54, 1.807) is 0 Å². The number of carbonyl (C=O) groups excluding carboxylic acids is 2. The summed E-state index contributed by atoms with van der Waals surface area (Å²) < 4.78 is 4.86. The number of methoxy groups -OCH3 is 1. The lowest BCUT2D eigenvalue weighted by molar-refractivity contribution is -0.145. The molecule has 1 unspecified atom stereocenters. The Labute approximate surface area is 220 Å². The van der Waals surface area contributed by atoms with Crippen molar-refractivity contribution in [2.75, 3.05) is 7.11 Å². The molecule has 36 heavy (non-hydrogen) atoms. The zero-order valence-electron chi connectivity index (χ0n) is 22.7. The Hall–Kier alpha value is -2.72. The number of unbranched alkanes of at least 4 members (excludes halogenated alkanes) is 13. The third kappa shape index (κ3) is 17.7. The van der Waals surface area contributed by atoms with Gasteiger partial charge in [0.15, 0.2) is 0 Å². The number of nitrogens with one attached hydrogen (secondary N) is 1. The zero-order chi connectivity index (χ0) is 26.1. The monoisotopic (exact) mass is 493 g/mol. The summed E-state index contributed by atoms with van der Waals surface area (Å²) in [4.78, 5) is 24.3. The van der Waals surface area contributed by atoms with Crippen molar-refractivity contribution in [1.29, 1.82) is 0 Å². The van der Waals surface area contributed by atoms with Gasteiger partial charge >= 0.3 is 5.97 Å². The van der Waals surface area contributed by atoms with Crippen LogP contribution in [0.1, 0.15) is 115 Å². The summed E-state index contributed by atoms with van der Waals surface area (Å²) in [6, 6.07) is 9.01. The van der Waals surface area contributed by atoms with E-state index in [9.17, 15) is 9.59 Å². The zero-order valence-corrected chi connectivity index (χ0v) is 22.7. The Kier molecular flexibility index (Phi) is 19.8. The number of benzene rings is 1. The van der Waals surface area contributed by atoms with Crippen molar-refractivity contribution in [1.82, 2.24) is 5.32 Å². The van der Waals surface area contributed by atoms with E-state index in [1.165, 1.54) is 52.1 Å². The van der Waals surface area contributed by atoms with Crippen LogP contribution in [0.5, 0.6) is 0 Å². The van der Waals surface area contributed by atoms with Gasteiger partial charge in [-0.25, -0.2) is 4.79 Å². The van der Waals surface area contributed by atoms with Gasteiger partial charge in [-0.3, -0.25) is 4.79 Å². The maximum absolute atomic E-state index is 12.3. The van der Waals surface area contributed by atoms with Crippen LogP contribution in [0.3, 0.4) is 0 Å². The molecule has 4 nitrogen and oxygen atoms in total.